The molecule has 0 aromatic carbocycles. The molecule has 51 heavy (non-hydrogen) atoms. The highest BCUT2D eigenvalue weighted by Crippen LogP contribution is 2.05. The van der Waals surface area contributed by atoms with E-state index in [9.17, 15) is 14.4 Å². The van der Waals surface area contributed by atoms with Crippen LogP contribution < -0.4 is 0 Å². The summed E-state index contributed by atoms with van der Waals surface area (Å²) in [6.45, 7) is 18.6. The van der Waals surface area contributed by atoms with Gasteiger partial charge in [-0.1, -0.05) is 19.7 Å². The van der Waals surface area contributed by atoms with Crippen LogP contribution in [-0.4, -0.2) is 172 Å². The summed E-state index contributed by atoms with van der Waals surface area (Å²) < 4.78 is 47.0. The van der Waals surface area contributed by atoms with Gasteiger partial charge in [0.25, 0.3) is 0 Å². The van der Waals surface area contributed by atoms with Gasteiger partial charge in [0.1, 0.15) is 39.6 Å². The van der Waals surface area contributed by atoms with Crippen LogP contribution >= 0.6 is 0 Å². The van der Waals surface area contributed by atoms with Crippen molar-refractivity contribution in [1.29, 1.82) is 0 Å². The van der Waals surface area contributed by atoms with Gasteiger partial charge in [-0.15, -0.1) is 0 Å². The molecule has 0 amide bonds. The van der Waals surface area contributed by atoms with Crippen molar-refractivity contribution in [3.8, 4) is 0 Å². The second-order valence-corrected chi connectivity index (χ2v) is 11.4. The molecule has 0 radical (unpaired) electrons. The lowest BCUT2D eigenvalue weighted by molar-refractivity contribution is -0.146. The molecule has 0 aromatic heterocycles. The van der Waals surface area contributed by atoms with E-state index < -0.39 is 0 Å². The molecule has 15 nitrogen and oxygen atoms in total. The molecule has 0 bridgehead atoms. The van der Waals surface area contributed by atoms with E-state index in [0.29, 0.717) is 72.4 Å². The van der Waals surface area contributed by atoms with E-state index in [1.54, 1.807) is 0 Å². The van der Waals surface area contributed by atoms with E-state index in [4.69, 9.17) is 42.6 Å². The van der Waals surface area contributed by atoms with Crippen LogP contribution in [0.25, 0.3) is 0 Å². The molecule has 0 saturated carbocycles. The largest absolute Gasteiger partial charge is 0.499 e. The summed E-state index contributed by atoms with van der Waals surface area (Å²) in [4.78, 5) is 43.8. The Hall–Kier alpha value is -3.21. The van der Waals surface area contributed by atoms with Crippen LogP contribution in [0.4, 0.5) is 0 Å². The monoisotopic (exact) mass is 731 g/mol. The van der Waals surface area contributed by atoms with Gasteiger partial charge in [0, 0.05) is 19.6 Å². The summed E-state index contributed by atoms with van der Waals surface area (Å²) in [7, 11) is 4.10. The van der Waals surface area contributed by atoms with E-state index in [2.05, 4.69) is 34.4 Å². The Morgan fingerprint density at radius 1 is 0.431 bits per heavy atom. The summed E-state index contributed by atoms with van der Waals surface area (Å²) in [5.74, 6) is -0.964. The third-order valence-corrected chi connectivity index (χ3v) is 7.04. The highest BCUT2D eigenvalue weighted by atomic mass is 16.6. The van der Waals surface area contributed by atoms with E-state index >= 15 is 0 Å². The van der Waals surface area contributed by atoms with E-state index in [1.807, 2.05) is 14.1 Å². The molecule has 0 aliphatic rings. The Balaban J connectivity index is 4.91. The number of carbonyl (C=O) groups is 3. The summed E-state index contributed by atoms with van der Waals surface area (Å²) in [6, 6.07) is 0. The molecule has 0 aliphatic heterocycles. The van der Waals surface area contributed by atoms with Crippen molar-refractivity contribution in [3.63, 3.8) is 0 Å². The van der Waals surface area contributed by atoms with Crippen molar-refractivity contribution < 1.29 is 57.0 Å². The normalized spacial score (nSPS) is 11.0. The molecular formula is C36H65N3O12. The number of rotatable bonds is 39. The summed E-state index contributed by atoms with van der Waals surface area (Å²) in [5, 5.41) is 0. The molecule has 0 aromatic rings. The third kappa shape index (κ3) is 35.0. The Morgan fingerprint density at radius 3 is 1.10 bits per heavy atom. The van der Waals surface area contributed by atoms with Gasteiger partial charge in [0.2, 0.25) is 0 Å². The molecule has 15 heteroatoms. The van der Waals surface area contributed by atoms with Crippen molar-refractivity contribution in [2.75, 3.05) is 139 Å². The lowest BCUT2D eigenvalue weighted by Crippen LogP contribution is -2.35. The van der Waals surface area contributed by atoms with Gasteiger partial charge in [-0.3, -0.25) is 14.4 Å². The lowest BCUT2D eigenvalue weighted by atomic mass is 10.2. The number of hydrogen-bond acceptors (Lipinski definition) is 15. The molecule has 0 saturated heterocycles. The molecule has 0 atom stereocenters. The summed E-state index contributed by atoms with van der Waals surface area (Å²) in [5.41, 5.74) is 0. The minimum atomic E-state index is -0.345. The zero-order valence-corrected chi connectivity index (χ0v) is 31.3. The van der Waals surface area contributed by atoms with Crippen LogP contribution in [0.5, 0.6) is 0 Å². The lowest BCUT2D eigenvalue weighted by Gasteiger charge is -2.26. The van der Waals surface area contributed by atoms with Crippen molar-refractivity contribution in [2.24, 2.45) is 0 Å². The maximum Gasteiger partial charge on any atom is 0.307 e. The van der Waals surface area contributed by atoms with Gasteiger partial charge in [-0.05, 0) is 59.5 Å². The van der Waals surface area contributed by atoms with Gasteiger partial charge in [-0.2, -0.15) is 0 Å². The number of hydrogen-bond donors (Lipinski definition) is 0. The predicted molar refractivity (Wildman–Crippen MR) is 193 cm³/mol. The Morgan fingerprint density at radius 2 is 0.745 bits per heavy atom. The number of esters is 3. The van der Waals surface area contributed by atoms with Crippen LogP contribution in [0.15, 0.2) is 38.5 Å². The van der Waals surface area contributed by atoms with Gasteiger partial charge >= 0.3 is 17.9 Å². The van der Waals surface area contributed by atoms with Crippen molar-refractivity contribution in [2.45, 2.75) is 38.5 Å². The highest BCUT2D eigenvalue weighted by molar-refractivity contribution is 5.70. The Bertz CT molecular complexity index is 856. The summed E-state index contributed by atoms with van der Waals surface area (Å²) in [6.07, 6.45) is 7.45. The van der Waals surface area contributed by atoms with Gasteiger partial charge < -0.3 is 57.3 Å². The molecule has 0 aliphatic carbocycles. The van der Waals surface area contributed by atoms with E-state index in [0.717, 1.165) is 38.9 Å². The number of unbranched alkanes of at least 4 members (excludes halogenated alkanes) is 1. The van der Waals surface area contributed by atoms with Crippen LogP contribution in [-0.2, 0) is 57.0 Å². The Labute approximate surface area is 305 Å². The van der Waals surface area contributed by atoms with Crippen molar-refractivity contribution in [1.82, 2.24) is 14.7 Å². The number of carbonyl (C=O) groups excluding carboxylic acids is 3. The summed E-state index contributed by atoms with van der Waals surface area (Å²) >= 11 is 0. The molecule has 296 valence electrons. The first kappa shape index (κ1) is 47.8. The maximum atomic E-state index is 12.4. The fourth-order valence-electron chi connectivity index (χ4n) is 4.44. The van der Waals surface area contributed by atoms with Crippen molar-refractivity contribution in [3.05, 3.63) is 38.5 Å². The standard InChI is InChI=1S/C36H65N3O12/c1-6-43-22-25-46-28-31-49-34(40)12-19-38(16-10-9-15-37(4)5)17-11-18-39(20-13-35(41)50-32-29-47-26-23-44-7-2)21-14-36(42)51-33-30-48-27-24-45-8-3/h6-8H,1-3,9-33H2,4-5H3. The quantitative estimate of drug-likeness (QED) is 0.0395. The molecule has 0 fully saturated rings. The first-order valence-electron chi connectivity index (χ1n) is 17.8. The van der Waals surface area contributed by atoms with Crippen LogP contribution in [0.2, 0.25) is 0 Å². The molecular weight excluding hydrogens is 666 g/mol. The van der Waals surface area contributed by atoms with Crippen molar-refractivity contribution >= 4 is 17.9 Å². The average Bonchev–Trinajstić information content (AvgIpc) is 3.11. The average molecular weight is 732 g/mol. The third-order valence-electron chi connectivity index (χ3n) is 7.04. The van der Waals surface area contributed by atoms with Crippen LogP contribution in [0.1, 0.15) is 38.5 Å². The fourth-order valence-corrected chi connectivity index (χ4v) is 4.44. The SMILES string of the molecule is C=COCCOCCOC(=O)CCN(CCCCN(C)C)CCCN(CCC(=O)OCCOCCOC=C)CCC(=O)OCCOCCOC=C. The van der Waals surface area contributed by atoms with Crippen LogP contribution in [0, 0.1) is 0 Å². The van der Waals surface area contributed by atoms with E-state index in [1.165, 1.54) is 18.8 Å². The first-order chi connectivity index (χ1) is 24.8. The highest BCUT2D eigenvalue weighted by Gasteiger charge is 2.15. The van der Waals surface area contributed by atoms with Gasteiger partial charge in [0.15, 0.2) is 0 Å². The zero-order valence-electron chi connectivity index (χ0n) is 31.3. The zero-order chi connectivity index (χ0) is 37.6. The van der Waals surface area contributed by atoms with Gasteiger partial charge in [-0.25, -0.2) is 0 Å². The minimum Gasteiger partial charge on any atom is -0.499 e. The second kappa shape index (κ2) is 36.6. The smallest absolute Gasteiger partial charge is 0.307 e. The first-order valence-corrected chi connectivity index (χ1v) is 17.8. The fraction of sp³-hybridized carbons (Fsp3) is 0.750. The Kier molecular flexibility index (Phi) is 34.3. The predicted octanol–water partition coefficient (Wildman–Crippen LogP) is 2.65. The topological polar surface area (TPSA) is 144 Å². The number of nitrogens with zero attached hydrogens (tertiary/aromatic N) is 3. The molecule has 0 rings (SSSR count). The molecule has 0 heterocycles. The maximum absolute atomic E-state index is 12.4. The van der Waals surface area contributed by atoms with Crippen LogP contribution in [0.3, 0.4) is 0 Å². The second-order valence-electron chi connectivity index (χ2n) is 11.4. The molecule has 0 spiro atoms. The van der Waals surface area contributed by atoms with E-state index in [-0.39, 0.29) is 70.2 Å². The number of ether oxygens (including phenoxy) is 9. The minimum absolute atomic E-state index is 0.143. The van der Waals surface area contributed by atoms with Gasteiger partial charge in [0.05, 0.1) is 77.7 Å². The molecule has 0 unspecified atom stereocenters. The molecule has 0 N–H and O–H groups in total.